The van der Waals surface area contributed by atoms with E-state index in [1.807, 2.05) is 31.4 Å². The van der Waals surface area contributed by atoms with Crippen LogP contribution >= 0.6 is 0 Å². The molecule has 3 rings (SSSR count). The van der Waals surface area contributed by atoms with Crippen LogP contribution in [-0.2, 0) is 6.54 Å². The molecule has 0 bridgehead atoms. The maximum Gasteiger partial charge on any atom is 0.261 e. The molecule has 1 N–H and O–H groups in total. The maximum atomic E-state index is 12.8. The molecule has 6 heteroatoms. The van der Waals surface area contributed by atoms with Crippen molar-refractivity contribution >= 4 is 22.6 Å². The normalized spacial score (nSPS) is 10.8. The molecule has 0 spiro atoms. The molecule has 26 heavy (non-hydrogen) atoms. The van der Waals surface area contributed by atoms with Crippen LogP contribution in [0.4, 0.5) is 5.69 Å². The number of rotatable bonds is 4. The van der Waals surface area contributed by atoms with E-state index in [1.165, 1.54) is 7.11 Å². The number of carbonyl (C=O) groups excluding carboxylic acids is 1. The number of ether oxygens (including phenoxy) is 1. The number of nitrogens with zero attached hydrogens (tertiary/aromatic N) is 2. The van der Waals surface area contributed by atoms with Gasteiger partial charge in [0.25, 0.3) is 5.91 Å². The van der Waals surface area contributed by atoms with Gasteiger partial charge in [-0.05, 0) is 50.6 Å². The highest BCUT2D eigenvalue weighted by atomic mass is 16.5. The standard InChI is InChI=1S/C20H21N3O3/c1-5-23-11-15(18(24)14-8-7-13(3)21-19(14)23)20(25)22-16-10-12(2)6-9-17(16)26-4/h6-11H,5H2,1-4H3,(H,22,25). The first-order chi connectivity index (χ1) is 12.4. The first kappa shape index (κ1) is 17.7. The summed E-state index contributed by atoms with van der Waals surface area (Å²) in [7, 11) is 1.54. The molecule has 0 saturated heterocycles. The molecule has 0 aliphatic rings. The average molecular weight is 351 g/mol. The molecular formula is C20H21N3O3. The third-order valence-electron chi connectivity index (χ3n) is 4.25. The fourth-order valence-corrected chi connectivity index (χ4v) is 2.87. The van der Waals surface area contributed by atoms with Gasteiger partial charge in [0.2, 0.25) is 5.43 Å². The quantitative estimate of drug-likeness (QED) is 0.783. The molecule has 0 fully saturated rings. The zero-order chi connectivity index (χ0) is 18.8. The summed E-state index contributed by atoms with van der Waals surface area (Å²) in [5, 5.41) is 3.22. The zero-order valence-electron chi connectivity index (χ0n) is 15.3. The number of anilines is 1. The molecule has 0 atom stereocenters. The SMILES string of the molecule is CCn1cc(C(=O)Nc2cc(C)ccc2OC)c(=O)c2ccc(C)nc21. The van der Waals surface area contributed by atoms with E-state index in [4.69, 9.17) is 4.74 Å². The van der Waals surface area contributed by atoms with Crippen LogP contribution in [0.1, 0.15) is 28.5 Å². The van der Waals surface area contributed by atoms with Gasteiger partial charge in [-0.3, -0.25) is 9.59 Å². The Morgan fingerprint density at radius 1 is 1.23 bits per heavy atom. The molecule has 3 aromatic rings. The predicted molar refractivity (Wildman–Crippen MR) is 102 cm³/mol. The van der Waals surface area contributed by atoms with Crippen molar-refractivity contribution in [2.75, 3.05) is 12.4 Å². The number of benzene rings is 1. The van der Waals surface area contributed by atoms with E-state index in [-0.39, 0.29) is 11.0 Å². The number of aryl methyl sites for hydroxylation is 3. The summed E-state index contributed by atoms with van der Waals surface area (Å²) in [6.07, 6.45) is 1.56. The minimum Gasteiger partial charge on any atom is -0.495 e. The zero-order valence-corrected chi connectivity index (χ0v) is 15.3. The summed E-state index contributed by atoms with van der Waals surface area (Å²) in [6, 6.07) is 8.97. The highest BCUT2D eigenvalue weighted by Crippen LogP contribution is 2.25. The molecule has 0 aliphatic heterocycles. The topological polar surface area (TPSA) is 73.2 Å². The van der Waals surface area contributed by atoms with Crippen molar-refractivity contribution in [2.24, 2.45) is 0 Å². The van der Waals surface area contributed by atoms with Gasteiger partial charge in [0.15, 0.2) is 0 Å². The number of methoxy groups -OCH3 is 1. The van der Waals surface area contributed by atoms with Crippen LogP contribution in [0.15, 0.2) is 41.3 Å². The summed E-state index contributed by atoms with van der Waals surface area (Å²) >= 11 is 0. The van der Waals surface area contributed by atoms with E-state index in [2.05, 4.69) is 10.3 Å². The van der Waals surface area contributed by atoms with E-state index >= 15 is 0 Å². The van der Waals surface area contributed by atoms with E-state index in [0.29, 0.717) is 29.0 Å². The predicted octanol–water partition coefficient (Wildman–Crippen LogP) is 3.29. The minimum atomic E-state index is -0.469. The van der Waals surface area contributed by atoms with E-state index in [9.17, 15) is 9.59 Å². The molecule has 0 unspecified atom stereocenters. The van der Waals surface area contributed by atoms with Gasteiger partial charge < -0.3 is 14.6 Å². The van der Waals surface area contributed by atoms with Crippen LogP contribution in [-0.4, -0.2) is 22.6 Å². The Morgan fingerprint density at radius 3 is 2.69 bits per heavy atom. The lowest BCUT2D eigenvalue weighted by atomic mass is 10.1. The Labute approximate surface area is 151 Å². The number of amides is 1. The minimum absolute atomic E-state index is 0.0774. The van der Waals surface area contributed by atoms with Crippen LogP contribution in [0.2, 0.25) is 0 Å². The van der Waals surface area contributed by atoms with E-state index in [1.54, 1.807) is 30.5 Å². The molecule has 2 heterocycles. The van der Waals surface area contributed by atoms with Crippen molar-refractivity contribution in [3.05, 3.63) is 63.6 Å². The summed E-state index contributed by atoms with van der Waals surface area (Å²) in [5.41, 5.74) is 2.66. The molecule has 0 aliphatic carbocycles. The van der Waals surface area contributed by atoms with Gasteiger partial charge in [-0.15, -0.1) is 0 Å². The first-order valence-corrected chi connectivity index (χ1v) is 8.41. The third-order valence-corrected chi connectivity index (χ3v) is 4.25. The second-order valence-electron chi connectivity index (χ2n) is 6.14. The van der Waals surface area contributed by atoms with E-state index in [0.717, 1.165) is 11.3 Å². The average Bonchev–Trinajstić information content (AvgIpc) is 2.62. The van der Waals surface area contributed by atoms with Gasteiger partial charge >= 0.3 is 0 Å². The van der Waals surface area contributed by atoms with Crippen molar-refractivity contribution < 1.29 is 9.53 Å². The number of pyridine rings is 2. The largest absolute Gasteiger partial charge is 0.495 e. The lowest BCUT2D eigenvalue weighted by Gasteiger charge is -2.13. The first-order valence-electron chi connectivity index (χ1n) is 8.41. The van der Waals surface area contributed by atoms with Crippen molar-refractivity contribution in [3.63, 3.8) is 0 Å². The Kier molecular flexibility index (Phi) is 4.75. The molecule has 2 aromatic heterocycles. The van der Waals surface area contributed by atoms with Crippen molar-refractivity contribution in [1.82, 2.24) is 9.55 Å². The van der Waals surface area contributed by atoms with Crippen LogP contribution < -0.4 is 15.5 Å². The van der Waals surface area contributed by atoms with Gasteiger partial charge in [-0.25, -0.2) is 4.98 Å². The summed E-state index contributed by atoms with van der Waals surface area (Å²) in [4.78, 5) is 30.1. The van der Waals surface area contributed by atoms with Gasteiger partial charge in [-0.2, -0.15) is 0 Å². The van der Waals surface area contributed by atoms with Crippen molar-refractivity contribution in [3.8, 4) is 5.75 Å². The Bertz CT molecular complexity index is 1050. The monoisotopic (exact) mass is 351 g/mol. The van der Waals surface area contributed by atoms with E-state index < -0.39 is 5.91 Å². The molecule has 1 aromatic carbocycles. The van der Waals surface area contributed by atoms with Gasteiger partial charge in [0.1, 0.15) is 17.0 Å². The van der Waals surface area contributed by atoms with Crippen molar-refractivity contribution in [1.29, 1.82) is 0 Å². The lowest BCUT2D eigenvalue weighted by Crippen LogP contribution is -2.24. The lowest BCUT2D eigenvalue weighted by molar-refractivity contribution is 0.102. The molecule has 0 saturated carbocycles. The van der Waals surface area contributed by atoms with Crippen LogP contribution in [0.3, 0.4) is 0 Å². The summed E-state index contributed by atoms with van der Waals surface area (Å²) in [5.74, 6) is 0.0708. The highest BCUT2D eigenvalue weighted by Gasteiger charge is 2.17. The fraction of sp³-hybridized carbons (Fsp3) is 0.250. The number of hydrogen-bond donors (Lipinski definition) is 1. The number of hydrogen-bond acceptors (Lipinski definition) is 4. The fourth-order valence-electron chi connectivity index (χ4n) is 2.87. The number of aromatic nitrogens is 2. The molecule has 6 nitrogen and oxygen atoms in total. The van der Waals surface area contributed by atoms with Gasteiger partial charge in [0.05, 0.1) is 18.2 Å². The molecular weight excluding hydrogens is 330 g/mol. The Balaban J connectivity index is 2.09. The second-order valence-corrected chi connectivity index (χ2v) is 6.14. The second kappa shape index (κ2) is 7.00. The summed E-state index contributed by atoms with van der Waals surface area (Å²) in [6.45, 7) is 6.33. The number of carbonyl (C=O) groups is 1. The van der Waals surface area contributed by atoms with Gasteiger partial charge in [0, 0.05) is 18.4 Å². The smallest absolute Gasteiger partial charge is 0.261 e. The molecule has 0 radical (unpaired) electrons. The Hall–Kier alpha value is -3.15. The van der Waals surface area contributed by atoms with Gasteiger partial charge in [-0.1, -0.05) is 6.07 Å². The highest BCUT2D eigenvalue weighted by molar-refractivity contribution is 6.06. The third kappa shape index (κ3) is 3.18. The number of fused-ring (bicyclic) bond motifs is 1. The Morgan fingerprint density at radius 2 is 2.00 bits per heavy atom. The maximum absolute atomic E-state index is 12.8. The molecule has 134 valence electrons. The number of nitrogens with one attached hydrogen (secondary N) is 1. The van der Waals surface area contributed by atoms with Crippen LogP contribution in [0, 0.1) is 13.8 Å². The molecule has 1 amide bonds. The summed E-state index contributed by atoms with van der Waals surface area (Å²) < 4.78 is 7.10. The van der Waals surface area contributed by atoms with Crippen molar-refractivity contribution in [2.45, 2.75) is 27.3 Å². The van der Waals surface area contributed by atoms with Crippen LogP contribution in [0.25, 0.3) is 11.0 Å². The van der Waals surface area contributed by atoms with Crippen LogP contribution in [0.5, 0.6) is 5.75 Å².